The summed E-state index contributed by atoms with van der Waals surface area (Å²) < 4.78 is 25.9. The molecule has 226 valence electrons. The van der Waals surface area contributed by atoms with Crippen molar-refractivity contribution in [2.45, 2.75) is 20.4 Å². The van der Waals surface area contributed by atoms with Crippen LogP contribution in [0.3, 0.4) is 0 Å². The first-order chi connectivity index (χ1) is 20.4. The van der Waals surface area contributed by atoms with Crippen molar-refractivity contribution in [3.05, 3.63) is 95.4 Å². The highest BCUT2D eigenvalue weighted by atomic mass is 32.2. The van der Waals surface area contributed by atoms with E-state index in [4.69, 9.17) is 4.55 Å². The predicted octanol–water partition coefficient (Wildman–Crippen LogP) is 4.40. The highest BCUT2D eigenvalue weighted by Gasteiger charge is 2.15. The lowest BCUT2D eigenvalue weighted by Crippen LogP contribution is -2.43. The second-order valence-corrected chi connectivity index (χ2v) is 12.0. The first-order valence-electron chi connectivity index (χ1n) is 13.8. The summed E-state index contributed by atoms with van der Waals surface area (Å²) in [7, 11) is -1.51. The molecular weight excluding hydrogens is 566 g/mol. The summed E-state index contributed by atoms with van der Waals surface area (Å²) in [4.78, 5) is 31.2. The molecule has 12 heteroatoms. The van der Waals surface area contributed by atoms with Gasteiger partial charge in [0.05, 0.1) is 11.9 Å². The molecule has 43 heavy (non-hydrogen) atoms. The minimum absolute atomic E-state index is 0.142. The Morgan fingerprint density at radius 2 is 1.67 bits per heavy atom. The average Bonchev–Trinajstić information content (AvgIpc) is 2.96. The zero-order chi connectivity index (χ0) is 31.0. The van der Waals surface area contributed by atoms with E-state index in [2.05, 4.69) is 42.4 Å². The normalized spacial score (nSPS) is 14.0. The second-order valence-electron chi connectivity index (χ2n) is 10.6. The standard InChI is InChI=1S/C30H33N7O.CH4O3S/c1-21-6-11-26(18-27(21)34-30-32-22(2)17-28(35-30)25-5-4-12-31-19-25)33-29(38)24-9-7-23(8-10-24)20-37-15-13-36(3)14-16-37;1-5(2,3)4/h4-12,17-19H,13-16,20H2,1-3H3,(H,33,38)(H,32,34,35);1H3,(H,2,3,4). The van der Waals surface area contributed by atoms with Gasteiger partial charge in [0.1, 0.15) is 0 Å². The minimum Gasteiger partial charge on any atom is -0.324 e. The number of piperazine rings is 1. The van der Waals surface area contributed by atoms with Gasteiger partial charge < -0.3 is 15.5 Å². The fraction of sp³-hybridized carbons (Fsp3) is 0.290. The Bertz CT molecular complexity index is 1630. The number of rotatable bonds is 7. The molecule has 0 bridgehead atoms. The van der Waals surface area contributed by atoms with E-state index < -0.39 is 10.1 Å². The lowest BCUT2D eigenvalue weighted by atomic mass is 10.1. The molecule has 3 heterocycles. The van der Waals surface area contributed by atoms with Gasteiger partial charge in [0.2, 0.25) is 5.95 Å². The van der Waals surface area contributed by atoms with Crippen molar-refractivity contribution in [1.29, 1.82) is 0 Å². The molecule has 11 nitrogen and oxygen atoms in total. The van der Waals surface area contributed by atoms with Crippen molar-refractivity contribution in [3.63, 3.8) is 0 Å². The summed E-state index contributed by atoms with van der Waals surface area (Å²) in [5, 5.41) is 6.35. The van der Waals surface area contributed by atoms with Crippen LogP contribution in [0, 0.1) is 13.8 Å². The van der Waals surface area contributed by atoms with E-state index in [0.717, 1.165) is 60.9 Å². The second kappa shape index (κ2) is 14.3. The molecule has 0 atom stereocenters. The zero-order valence-electron chi connectivity index (χ0n) is 24.8. The summed E-state index contributed by atoms with van der Waals surface area (Å²) in [6.45, 7) is 9.18. The number of amides is 1. The molecule has 0 spiro atoms. The average molecular weight is 604 g/mol. The third-order valence-corrected chi connectivity index (χ3v) is 6.77. The van der Waals surface area contributed by atoms with Gasteiger partial charge in [0, 0.05) is 73.3 Å². The number of carbonyl (C=O) groups is 1. The van der Waals surface area contributed by atoms with Gasteiger partial charge in [-0.25, -0.2) is 9.97 Å². The maximum Gasteiger partial charge on any atom is 0.261 e. The summed E-state index contributed by atoms with van der Waals surface area (Å²) in [6, 6.07) is 19.5. The summed E-state index contributed by atoms with van der Waals surface area (Å²) in [5.74, 6) is 0.350. The zero-order valence-corrected chi connectivity index (χ0v) is 25.6. The fourth-order valence-corrected chi connectivity index (χ4v) is 4.47. The van der Waals surface area contributed by atoms with E-state index in [0.29, 0.717) is 23.5 Å². The number of hydrogen-bond donors (Lipinski definition) is 3. The van der Waals surface area contributed by atoms with Crippen LogP contribution in [0.5, 0.6) is 0 Å². The Balaban J connectivity index is 0.000000782. The van der Waals surface area contributed by atoms with E-state index in [-0.39, 0.29) is 5.91 Å². The van der Waals surface area contributed by atoms with Crippen LogP contribution in [0.4, 0.5) is 17.3 Å². The van der Waals surface area contributed by atoms with Crippen molar-refractivity contribution in [2.24, 2.45) is 0 Å². The molecule has 1 fully saturated rings. The fourth-order valence-electron chi connectivity index (χ4n) is 4.47. The summed E-state index contributed by atoms with van der Waals surface area (Å²) in [6.07, 6.45) is 4.24. The van der Waals surface area contributed by atoms with Crippen LogP contribution in [0.2, 0.25) is 0 Å². The van der Waals surface area contributed by atoms with Crippen molar-refractivity contribution in [1.82, 2.24) is 24.8 Å². The van der Waals surface area contributed by atoms with Gasteiger partial charge in [-0.05, 0) is 74.5 Å². The van der Waals surface area contributed by atoms with E-state index in [1.54, 1.807) is 12.4 Å². The monoisotopic (exact) mass is 603 g/mol. The van der Waals surface area contributed by atoms with Crippen molar-refractivity contribution >= 4 is 33.3 Å². The van der Waals surface area contributed by atoms with Crippen LogP contribution in [-0.4, -0.2) is 83.1 Å². The van der Waals surface area contributed by atoms with Gasteiger partial charge in [0.15, 0.2) is 0 Å². The number of anilines is 3. The molecule has 0 aliphatic carbocycles. The molecule has 1 saturated heterocycles. The number of hydrogen-bond acceptors (Lipinski definition) is 9. The van der Waals surface area contributed by atoms with Crippen LogP contribution in [0.1, 0.15) is 27.2 Å². The quantitative estimate of drug-likeness (QED) is 0.260. The Labute approximate surface area is 252 Å². The molecule has 1 amide bonds. The number of aryl methyl sites for hydroxylation is 2. The molecule has 2 aromatic carbocycles. The van der Waals surface area contributed by atoms with Gasteiger partial charge in [-0.15, -0.1) is 0 Å². The highest BCUT2D eigenvalue weighted by Crippen LogP contribution is 2.25. The number of aromatic nitrogens is 3. The molecule has 3 N–H and O–H groups in total. The van der Waals surface area contributed by atoms with Gasteiger partial charge in [-0.2, -0.15) is 8.42 Å². The number of benzene rings is 2. The van der Waals surface area contributed by atoms with Crippen molar-refractivity contribution in [3.8, 4) is 11.3 Å². The van der Waals surface area contributed by atoms with Crippen LogP contribution in [-0.2, 0) is 16.7 Å². The molecular formula is C31H37N7O4S. The maximum absolute atomic E-state index is 13.0. The van der Waals surface area contributed by atoms with E-state index in [1.165, 1.54) is 5.56 Å². The Morgan fingerprint density at radius 3 is 2.33 bits per heavy atom. The molecule has 4 aromatic rings. The Morgan fingerprint density at radius 1 is 0.977 bits per heavy atom. The smallest absolute Gasteiger partial charge is 0.261 e. The first-order valence-corrected chi connectivity index (χ1v) is 15.7. The van der Waals surface area contributed by atoms with Gasteiger partial charge in [-0.3, -0.25) is 19.2 Å². The minimum atomic E-state index is -3.67. The molecule has 1 aliphatic rings. The molecule has 0 radical (unpaired) electrons. The molecule has 0 saturated carbocycles. The van der Waals surface area contributed by atoms with Gasteiger partial charge in [0.25, 0.3) is 16.0 Å². The lowest BCUT2D eigenvalue weighted by Gasteiger charge is -2.32. The van der Waals surface area contributed by atoms with Crippen molar-refractivity contribution in [2.75, 3.05) is 50.1 Å². The summed E-state index contributed by atoms with van der Waals surface area (Å²) >= 11 is 0. The predicted molar refractivity (Wildman–Crippen MR) is 169 cm³/mol. The van der Waals surface area contributed by atoms with E-state index >= 15 is 0 Å². The molecule has 2 aromatic heterocycles. The largest absolute Gasteiger partial charge is 0.324 e. The Hall–Kier alpha value is -4.23. The maximum atomic E-state index is 13.0. The Kier molecular flexibility index (Phi) is 10.5. The van der Waals surface area contributed by atoms with E-state index in [1.807, 2.05) is 74.5 Å². The van der Waals surface area contributed by atoms with Crippen LogP contribution in [0.15, 0.2) is 73.1 Å². The number of carbonyl (C=O) groups excluding carboxylic acids is 1. The highest BCUT2D eigenvalue weighted by molar-refractivity contribution is 7.85. The van der Waals surface area contributed by atoms with Crippen LogP contribution >= 0.6 is 0 Å². The SMILES string of the molecule is CS(=O)(=O)O.Cc1cc(-c2cccnc2)nc(Nc2cc(NC(=O)c3ccc(CN4CCN(C)CC4)cc3)ccc2C)n1. The first kappa shape index (κ1) is 31.7. The van der Waals surface area contributed by atoms with Gasteiger partial charge in [-0.1, -0.05) is 18.2 Å². The number of pyridine rings is 1. The third-order valence-electron chi connectivity index (χ3n) is 6.77. The third kappa shape index (κ3) is 10.2. The topological polar surface area (TPSA) is 141 Å². The van der Waals surface area contributed by atoms with Crippen LogP contribution in [0.25, 0.3) is 11.3 Å². The number of likely N-dealkylation sites (N-methyl/N-ethyl adjacent to an activating group) is 1. The number of nitrogens with zero attached hydrogens (tertiary/aromatic N) is 5. The van der Waals surface area contributed by atoms with Gasteiger partial charge >= 0.3 is 0 Å². The van der Waals surface area contributed by atoms with Crippen molar-refractivity contribution < 1.29 is 17.8 Å². The molecule has 1 aliphatic heterocycles. The van der Waals surface area contributed by atoms with Crippen LogP contribution < -0.4 is 10.6 Å². The summed E-state index contributed by atoms with van der Waals surface area (Å²) in [5.41, 5.74) is 6.96. The number of nitrogens with one attached hydrogen (secondary N) is 2. The molecule has 0 unspecified atom stereocenters. The lowest BCUT2D eigenvalue weighted by molar-refractivity contribution is 0.102. The van der Waals surface area contributed by atoms with E-state index in [9.17, 15) is 13.2 Å². The molecule has 5 rings (SSSR count).